The van der Waals surface area contributed by atoms with Crippen molar-refractivity contribution in [3.8, 4) is 6.19 Å². The molecule has 1 N–H and O–H groups in total. The minimum Gasteiger partial charge on any atom is -0.215 e. The third-order valence-electron chi connectivity index (χ3n) is 1.51. The molecule has 1 aromatic carbocycles. The van der Waals surface area contributed by atoms with Gasteiger partial charge in [0.05, 0.1) is 4.90 Å². The molecule has 0 unspecified atom stereocenters. The van der Waals surface area contributed by atoms with Crippen LogP contribution in [-0.4, -0.2) is 8.42 Å². The third kappa shape index (κ3) is 2.20. The van der Waals surface area contributed by atoms with Gasteiger partial charge in [0.1, 0.15) is 0 Å². The number of aryl methyl sites for hydroxylation is 1. The number of hydrogen-bond donors (Lipinski definition) is 1. The lowest BCUT2D eigenvalue weighted by molar-refractivity contribution is 0.591. The van der Waals surface area contributed by atoms with Crippen molar-refractivity contribution in [2.75, 3.05) is 0 Å². The summed E-state index contributed by atoms with van der Waals surface area (Å²) >= 11 is 0. The van der Waals surface area contributed by atoms with Gasteiger partial charge in [-0.2, -0.15) is 5.26 Å². The Morgan fingerprint density at radius 3 is 2.31 bits per heavy atom. The average molecular weight is 196 g/mol. The molecule has 1 rings (SSSR count). The average Bonchev–Trinajstić information content (AvgIpc) is 2.05. The van der Waals surface area contributed by atoms with Crippen molar-refractivity contribution >= 4 is 10.0 Å². The summed E-state index contributed by atoms with van der Waals surface area (Å²) in [4.78, 5) is 0.0969. The van der Waals surface area contributed by atoms with Crippen LogP contribution in [0.25, 0.3) is 0 Å². The molecule has 0 aliphatic rings. The number of rotatable bonds is 2. The molecule has 0 aliphatic carbocycles. The van der Waals surface area contributed by atoms with Crippen molar-refractivity contribution < 1.29 is 8.42 Å². The minimum absolute atomic E-state index is 0.0969. The highest BCUT2D eigenvalue weighted by Gasteiger charge is 2.11. The Morgan fingerprint density at radius 1 is 1.31 bits per heavy atom. The summed E-state index contributed by atoms with van der Waals surface area (Å²) < 4.78 is 24.2. The highest BCUT2D eigenvalue weighted by molar-refractivity contribution is 7.89. The first-order chi connectivity index (χ1) is 6.06. The van der Waals surface area contributed by atoms with Gasteiger partial charge in [-0.15, -0.1) is 0 Å². The molecule has 0 fully saturated rings. The van der Waals surface area contributed by atoms with Gasteiger partial charge < -0.3 is 0 Å². The molecule has 0 saturated carbocycles. The quantitative estimate of drug-likeness (QED) is 0.560. The van der Waals surface area contributed by atoms with Crippen molar-refractivity contribution in [3.05, 3.63) is 29.8 Å². The van der Waals surface area contributed by atoms with Crippen LogP contribution in [0.4, 0.5) is 0 Å². The monoisotopic (exact) mass is 196 g/mol. The molecule has 5 heteroatoms. The minimum atomic E-state index is -3.64. The maximum Gasteiger partial charge on any atom is 0.270 e. The lowest BCUT2D eigenvalue weighted by Gasteiger charge is -2.00. The zero-order valence-corrected chi connectivity index (χ0v) is 7.80. The fraction of sp³-hybridized carbons (Fsp3) is 0.125. The summed E-state index contributed by atoms with van der Waals surface area (Å²) in [6.07, 6.45) is 1.38. The number of nitriles is 1. The molecule has 4 nitrogen and oxygen atoms in total. The second kappa shape index (κ2) is 3.46. The van der Waals surface area contributed by atoms with Gasteiger partial charge in [-0.25, -0.2) is 13.1 Å². The van der Waals surface area contributed by atoms with Gasteiger partial charge in [-0.3, -0.25) is 0 Å². The van der Waals surface area contributed by atoms with E-state index in [-0.39, 0.29) is 4.90 Å². The number of nitrogens with zero attached hydrogens (tertiary/aromatic N) is 1. The number of hydrogen-bond acceptors (Lipinski definition) is 3. The van der Waals surface area contributed by atoms with Crippen LogP contribution >= 0.6 is 0 Å². The molecule has 0 radical (unpaired) electrons. The maximum absolute atomic E-state index is 11.2. The van der Waals surface area contributed by atoms with Gasteiger partial charge >= 0.3 is 0 Å². The van der Waals surface area contributed by atoms with E-state index in [0.29, 0.717) is 0 Å². The molecule has 0 bridgehead atoms. The molecule has 0 atom stereocenters. The van der Waals surface area contributed by atoms with Gasteiger partial charge in [-0.05, 0) is 19.1 Å². The van der Waals surface area contributed by atoms with Crippen molar-refractivity contribution in [2.45, 2.75) is 11.8 Å². The molecule has 0 spiro atoms. The van der Waals surface area contributed by atoms with E-state index in [1.165, 1.54) is 18.3 Å². The smallest absolute Gasteiger partial charge is 0.215 e. The van der Waals surface area contributed by atoms with E-state index in [1.54, 1.807) is 16.9 Å². The van der Waals surface area contributed by atoms with Gasteiger partial charge in [-0.1, -0.05) is 17.7 Å². The summed E-state index contributed by atoms with van der Waals surface area (Å²) in [6, 6.07) is 6.25. The van der Waals surface area contributed by atoms with Crippen LogP contribution in [0.15, 0.2) is 29.2 Å². The van der Waals surface area contributed by atoms with E-state index >= 15 is 0 Å². The van der Waals surface area contributed by atoms with Crippen LogP contribution in [0.2, 0.25) is 0 Å². The van der Waals surface area contributed by atoms with Crippen molar-refractivity contribution in [3.63, 3.8) is 0 Å². The van der Waals surface area contributed by atoms with Gasteiger partial charge in [0, 0.05) is 0 Å². The van der Waals surface area contributed by atoms with Crippen LogP contribution < -0.4 is 4.72 Å². The molecule has 0 aromatic heterocycles. The fourth-order valence-corrected chi connectivity index (χ4v) is 1.57. The maximum atomic E-state index is 11.2. The summed E-state index contributed by atoms with van der Waals surface area (Å²) in [5.74, 6) is 0. The Labute approximate surface area is 76.9 Å². The second-order valence-electron chi connectivity index (χ2n) is 2.53. The topological polar surface area (TPSA) is 70.0 Å². The third-order valence-corrected chi connectivity index (χ3v) is 2.76. The van der Waals surface area contributed by atoms with E-state index in [0.717, 1.165) is 5.56 Å². The summed E-state index contributed by atoms with van der Waals surface area (Å²) in [5, 5.41) is 8.18. The number of sulfonamides is 1. The van der Waals surface area contributed by atoms with Crippen molar-refractivity contribution in [1.82, 2.24) is 4.72 Å². The zero-order chi connectivity index (χ0) is 9.90. The van der Waals surface area contributed by atoms with Crippen LogP contribution in [0.5, 0.6) is 0 Å². The van der Waals surface area contributed by atoms with Gasteiger partial charge in [0.15, 0.2) is 6.19 Å². The molecule has 1 aromatic rings. The van der Waals surface area contributed by atoms with Crippen molar-refractivity contribution in [2.24, 2.45) is 0 Å². The van der Waals surface area contributed by atoms with E-state index < -0.39 is 10.0 Å². The van der Waals surface area contributed by atoms with E-state index in [9.17, 15) is 8.42 Å². The summed E-state index contributed by atoms with van der Waals surface area (Å²) in [7, 11) is -3.64. The van der Waals surface area contributed by atoms with E-state index in [4.69, 9.17) is 5.26 Å². The largest absolute Gasteiger partial charge is 0.270 e. The van der Waals surface area contributed by atoms with Gasteiger partial charge in [0.2, 0.25) is 0 Å². The lowest BCUT2D eigenvalue weighted by atomic mass is 10.2. The first-order valence-corrected chi connectivity index (χ1v) is 5.02. The van der Waals surface area contributed by atoms with Crippen LogP contribution in [-0.2, 0) is 10.0 Å². The van der Waals surface area contributed by atoms with Crippen LogP contribution in [0.1, 0.15) is 5.56 Å². The normalized spacial score (nSPS) is 10.5. The SMILES string of the molecule is Cc1ccc(S(=O)(=O)NC#N)cc1. The number of benzene rings is 1. The molecule has 0 amide bonds. The Balaban J connectivity index is 3.11. The Morgan fingerprint density at radius 2 is 1.85 bits per heavy atom. The fourth-order valence-electron chi connectivity index (χ4n) is 0.836. The summed E-state index contributed by atoms with van der Waals surface area (Å²) in [6.45, 7) is 1.86. The molecule has 0 heterocycles. The molecular formula is C8H8N2O2S. The predicted molar refractivity (Wildman–Crippen MR) is 47.1 cm³/mol. The highest BCUT2D eigenvalue weighted by Crippen LogP contribution is 2.08. The zero-order valence-electron chi connectivity index (χ0n) is 6.98. The van der Waals surface area contributed by atoms with E-state index in [2.05, 4.69) is 0 Å². The molecule has 0 saturated heterocycles. The highest BCUT2D eigenvalue weighted by atomic mass is 32.2. The van der Waals surface area contributed by atoms with Crippen LogP contribution in [0.3, 0.4) is 0 Å². The molecule has 13 heavy (non-hydrogen) atoms. The van der Waals surface area contributed by atoms with Crippen molar-refractivity contribution in [1.29, 1.82) is 5.26 Å². The first-order valence-electron chi connectivity index (χ1n) is 3.54. The Hall–Kier alpha value is -1.54. The lowest BCUT2D eigenvalue weighted by Crippen LogP contribution is -2.17. The number of nitrogens with one attached hydrogen (secondary N) is 1. The molecule has 0 aliphatic heterocycles. The Bertz CT molecular complexity index is 428. The Kier molecular flexibility index (Phi) is 2.54. The molecule has 68 valence electrons. The first kappa shape index (κ1) is 9.55. The standard InChI is InChI=1S/C8H8N2O2S/c1-7-2-4-8(5-3-7)13(11,12)10-6-9/h2-5,10H,1H3. The summed E-state index contributed by atoms with van der Waals surface area (Å²) in [5.41, 5.74) is 0.968. The van der Waals surface area contributed by atoms with E-state index in [1.807, 2.05) is 6.92 Å². The molecular weight excluding hydrogens is 188 g/mol. The van der Waals surface area contributed by atoms with Crippen LogP contribution in [0, 0.1) is 18.4 Å². The second-order valence-corrected chi connectivity index (χ2v) is 4.21. The van der Waals surface area contributed by atoms with Gasteiger partial charge in [0.25, 0.3) is 10.0 Å². The predicted octanol–water partition coefficient (Wildman–Crippen LogP) is 0.754.